The van der Waals surface area contributed by atoms with Crippen molar-refractivity contribution in [1.82, 2.24) is 4.98 Å². The third-order valence-corrected chi connectivity index (χ3v) is 2.36. The van der Waals surface area contributed by atoms with Gasteiger partial charge in [-0.25, -0.2) is 0 Å². The van der Waals surface area contributed by atoms with Gasteiger partial charge in [0.15, 0.2) is 6.29 Å². The maximum Gasteiger partial charge on any atom is 0.167 e. The molecule has 1 rings (SSSR count). The first kappa shape index (κ1) is 8.02. The summed E-state index contributed by atoms with van der Waals surface area (Å²) in [4.78, 5) is 13.1. The highest BCUT2D eigenvalue weighted by atomic mass is 79.9. The number of nitrogens with one attached hydrogen (secondary N) is 1. The number of aryl methyl sites for hydroxylation is 1. The molecule has 0 bridgehead atoms. The van der Waals surface area contributed by atoms with E-state index in [0.717, 1.165) is 5.69 Å². The van der Waals surface area contributed by atoms with Crippen LogP contribution in [0.5, 0.6) is 0 Å². The fraction of sp³-hybridized carbons (Fsp3) is 0.143. The van der Waals surface area contributed by atoms with Crippen LogP contribution in [-0.2, 0) is 0 Å². The average Bonchev–Trinajstić information content (AvgIpc) is 2.28. The van der Waals surface area contributed by atoms with Crippen molar-refractivity contribution in [3.05, 3.63) is 21.4 Å². The lowest BCUT2D eigenvalue weighted by Crippen LogP contribution is -1.82. The molecule has 0 radical (unpaired) electrons. The largest absolute Gasteiger partial charge is 0.354 e. The summed E-state index contributed by atoms with van der Waals surface area (Å²) < 4.78 is 0.669. The molecule has 0 amide bonds. The second kappa shape index (κ2) is 2.89. The number of nitriles is 1. The lowest BCUT2D eigenvalue weighted by atomic mass is 10.3. The van der Waals surface area contributed by atoms with Crippen LogP contribution < -0.4 is 0 Å². The number of H-pyrrole nitrogens is 1. The van der Waals surface area contributed by atoms with Crippen LogP contribution in [0.3, 0.4) is 0 Å². The molecule has 0 spiro atoms. The molecule has 1 aromatic rings. The molecule has 56 valence electrons. The molecule has 0 fully saturated rings. The minimum absolute atomic E-state index is 0.330. The van der Waals surface area contributed by atoms with Crippen molar-refractivity contribution >= 4 is 22.2 Å². The highest BCUT2D eigenvalue weighted by Crippen LogP contribution is 2.22. The number of carbonyl (C=O) groups excluding carboxylic acids is 1. The molecule has 4 heteroatoms. The van der Waals surface area contributed by atoms with Crippen molar-refractivity contribution in [2.75, 3.05) is 0 Å². The monoisotopic (exact) mass is 212 g/mol. The van der Waals surface area contributed by atoms with E-state index in [2.05, 4.69) is 20.9 Å². The molecule has 0 unspecified atom stereocenters. The Morgan fingerprint density at radius 2 is 2.36 bits per heavy atom. The van der Waals surface area contributed by atoms with E-state index < -0.39 is 0 Å². The standard InChI is InChI=1S/C7H5BrN2O/c1-4-7(8)5(2-9)6(3-11)10-4/h3,10H,1H3. The van der Waals surface area contributed by atoms with E-state index in [1.807, 2.05) is 6.07 Å². The SMILES string of the molecule is Cc1[nH]c(C=O)c(C#N)c1Br. The van der Waals surface area contributed by atoms with E-state index in [9.17, 15) is 4.79 Å². The molecule has 1 N–H and O–H groups in total. The van der Waals surface area contributed by atoms with E-state index in [1.54, 1.807) is 6.92 Å². The summed E-state index contributed by atoms with van der Waals surface area (Å²) >= 11 is 3.19. The van der Waals surface area contributed by atoms with Gasteiger partial charge in [0.25, 0.3) is 0 Å². The van der Waals surface area contributed by atoms with Gasteiger partial charge in [-0.3, -0.25) is 4.79 Å². The van der Waals surface area contributed by atoms with Gasteiger partial charge in [-0.1, -0.05) is 0 Å². The highest BCUT2D eigenvalue weighted by molar-refractivity contribution is 9.10. The summed E-state index contributed by atoms with van der Waals surface area (Å²) in [5, 5.41) is 8.58. The zero-order valence-corrected chi connectivity index (χ0v) is 7.40. The lowest BCUT2D eigenvalue weighted by molar-refractivity contribution is 0.111. The van der Waals surface area contributed by atoms with E-state index in [4.69, 9.17) is 5.26 Å². The molecule has 1 heterocycles. The van der Waals surface area contributed by atoms with Gasteiger partial charge in [-0.05, 0) is 22.9 Å². The maximum atomic E-state index is 10.3. The van der Waals surface area contributed by atoms with Crippen LogP contribution in [0.2, 0.25) is 0 Å². The molecule has 0 aliphatic heterocycles. The van der Waals surface area contributed by atoms with Gasteiger partial charge < -0.3 is 4.98 Å². The summed E-state index contributed by atoms with van der Waals surface area (Å²) in [7, 11) is 0. The van der Waals surface area contributed by atoms with Crippen molar-refractivity contribution < 1.29 is 4.79 Å². The Bertz CT molecular complexity index is 335. The van der Waals surface area contributed by atoms with Crippen molar-refractivity contribution in [2.45, 2.75) is 6.92 Å². The van der Waals surface area contributed by atoms with Crippen LogP contribution in [-0.4, -0.2) is 11.3 Å². The van der Waals surface area contributed by atoms with Crippen LogP contribution in [0.4, 0.5) is 0 Å². The van der Waals surface area contributed by atoms with Gasteiger partial charge in [0.2, 0.25) is 0 Å². The van der Waals surface area contributed by atoms with E-state index in [-0.39, 0.29) is 0 Å². The number of hydrogen-bond acceptors (Lipinski definition) is 2. The van der Waals surface area contributed by atoms with Gasteiger partial charge in [0.1, 0.15) is 6.07 Å². The van der Waals surface area contributed by atoms with Gasteiger partial charge in [-0.15, -0.1) is 0 Å². The zero-order valence-electron chi connectivity index (χ0n) is 5.81. The van der Waals surface area contributed by atoms with Crippen molar-refractivity contribution in [2.24, 2.45) is 0 Å². The maximum absolute atomic E-state index is 10.3. The Balaban J connectivity index is 3.41. The molecular formula is C7H5BrN2O. The van der Waals surface area contributed by atoms with Gasteiger partial charge >= 0.3 is 0 Å². The quantitative estimate of drug-likeness (QED) is 0.722. The third-order valence-electron chi connectivity index (χ3n) is 1.37. The Morgan fingerprint density at radius 3 is 2.73 bits per heavy atom. The van der Waals surface area contributed by atoms with Crippen LogP contribution in [0.15, 0.2) is 4.47 Å². The minimum atomic E-state index is 0.330. The number of carbonyl (C=O) groups is 1. The molecular weight excluding hydrogens is 208 g/mol. The minimum Gasteiger partial charge on any atom is -0.354 e. The molecule has 0 atom stereocenters. The molecule has 0 saturated carbocycles. The number of aromatic nitrogens is 1. The van der Waals surface area contributed by atoms with Crippen LogP contribution in [0, 0.1) is 18.3 Å². The normalized spacial score (nSPS) is 9.18. The number of nitrogens with zero attached hydrogens (tertiary/aromatic N) is 1. The predicted molar refractivity (Wildman–Crippen MR) is 43.3 cm³/mol. The first-order valence-electron chi connectivity index (χ1n) is 2.94. The fourth-order valence-corrected chi connectivity index (χ4v) is 1.22. The zero-order chi connectivity index (χ0) is 8.43. The number of rotatable bonds is 1. The van der Waals surface area contributed by atoms with Crippen LogP contribution in [0.25, 0.3) is 0 Å². The summed E-state index contributed by atoms with van der Waals surface area (Å²) in [5.74, 6) is 0. The molecule has 0 aliphatic carbocycles. The number of aromatic amines is 1. The molecule has 1 aromatic heterocycles. The van der Waals surface area contributed by atoms with Crippen molar-refractivity contribution in [3.8, 4) is 6.07 Å². The summed E-state index contributed by atoms with van der Waals surface area (Å²) in [6.45, 7) is 1.79. The summed E-state index contributed by atoms with van der Waals surface area (Å²) in [6, 6.07) is 1.93. The predicted octanol–water partition coefficient (Wildman–Crippen LogP) is 1.77. The van der Waals surface area contributed by atoms with Gasteiger partial charge in [0, 0.05) is 5.69 Å². The summed E-state index contributed by atoms with van der Waals surface area (Å²) in [5.41, 5.74) is 1.50. The average molecular weight is 213 g/mol. The van der Waals surface area contributed by atoms with Gasteiger partial charge in [0.05, 0.1) is 15.7 Å². The molecule has 0 aliphatic rings. The second-order valence-electron chi connectivity index (χ2n) is 2.08. The Morgan fingerprint density at radius 1 is 1.73 bits per heavy atom. The fourth-order valence-electron chi connectivity index (χ4n) is 0.823. The Kier molecular flexibility index (Phi) is 2.11. The first-order valence-corrected chi connectivity index (χ1v) is 3.73. The lowest BCUT2D eigenvalue weighted by Gasteiger charge is -1.82. The van der Waals surface area contributed by atoms with E-state index in [0.29, 0.717) is 22.0 Å². The molecule has 3 nitrogen and oxygen atoms in total. The summed E-state index contributed by atoms with van der Waals surface area (Å²) in [6.07, 6.45) is 0.635. The smallest absolute Gasteiger partial charge is 0.167 e. The van der Waals surface area contributed by atoms with Crippen LogP contribution >= 0.6 is 15.9 Å². The molecule has 11 heavy (non-hydrogen) atoms. The highest BCUT2D eigenvalue weighted by Gasteiger charge is 2.10. The topological polar surface area (TPSA) is 56.6 Å². The van der Waals surface area contributed by atoms with Crippen molar-refractivity contribution in [1.29, 1.82) is 5.26 Å². The van der Waals surface area contributed by atoms with E-state index >= 15 is 0 Å². The first-order chi connectivity index (χ1) is 5.20. The van der Waals surface area contributed by atoms with Crippen LogP contribution in [0.1, 0.15) is 21.7 Å². The number of aldehydes is 1. The second-order valence-corrected chi connectivity index (χ2v) is 2.88. The Labute approximate surface area is 72.2 Å². The molecule has 0 aromatic carbocycles. The van der Waals surface area contributed by atoms with Crippen molar-refractivity contribution in [3.63, 3.8) is 0 Å². The third kappa shape index (κ3) is 1.19. The number of hydrogen-bond donors (Lipinski definition) is 1. The molecule has 0 saturated heterocycles. The Hall–Kier alpha value is -1.08. The van der Waals surface area contributed by atoms with Gasteiger partial charge in [-0.2, -0.15) is 5.26 Å². The van der Waals surface area contributed by atoms with E-state index in [1.165, 1.54) is 0 Å². The number of halogens is 1.